The van der Waals surface area contributed by atoms with E-state index in [4.69, 9.17) is 10.00 Å². The Bertz CT molecular complexity index is 568. The van der Waals surface area contributed by atoms with Gasteiger partial charge in [-0.3, -0.25) is 4.79 Å². The van der Waals surface area contributed by atoms with Crippen LogP contribution >= 0.6 is 0 Å². The van der Waals surface area contributed by atoms with Crippen molar-refractivity contribution in [2.45, 2.75) is 19.0 Å². The van der Waals surface area contributed by atoms with Crippen LogP contribution in [0.25, 0.3) is 0 Å². The van der Waals surface area contributed by atoms with E-state index in [1.807, 2.05) is 6.07 Å². The number of carbonyl (C=O) groups is 1. The van der Waals surface area contributed by atoms with Crippen LogP contribution in [0, 0.1) is 17.1 Å². The molecule has 0 spiro atoms. The van der Waals surface area contributed by atoms with Crippen LogP contribution < -0.4 is 10.6 Å². The summed E-state index contributed by atoms with van der Waals surface area (Å²) in [4.78, 5) is 11.5. The molecule has 2 N–H and O–H groups in total. The van der Waals surface area contributed by atoms with E-state index in [0.29, 0.717) is 17.7 Å². The van der Waals surface area contributed by atoms with Gasteiger partial charge in [-0.2, -0.15) is 5.26 Å². The number of hydrogen-bond acceptors (Lipinski definition) is 4. The van der Waals surface area contributed by atoms with Crippen LogP contribution in [-0.4, -0.2) is 25.2 Å². The number of nitriles is 1. The first kappa shape index (κ1) is 13.3. The first-order valence-corrected chi connectivity index (χ1v) is 5.78. The van der Waals surface area contributed by atoms with Crippen LogP contribution in [0.5, 0.6) is 0 Å². The molecule has 0 bridgehead atoms. The number of nitrogens with one attached hydrogen (secondary N) is 2. The summed E-state index contributed by atoms with van der Waals surface area (Å²) < 4.78 is 18.9. The third kappa shape index (κ3) is 2.51. The molecule has 1 aromatic rings. The van der Waals surface area contributed by atoms with E-state index in [2.05, 4.69) is 10.6 Å². The Kier molecular flexibility index (Phi) is 3.40. The van der Waals surface area contributed by atoms with Crippen LogP contribution in [0.3, 0.4) is 0 Å². The van der Waals surface area contributed by atoms with Gasteiger partial charge >= 0.3 is 0 Å². The normalized spacial score (nSPS) is 16.2. The lowest BCUT2D eigenvalue weighted by Gasteiger charge is -2.24. The Morgan fingerprint density at radius 3 is 3.00 bits per heavy atom. The summed E-state index contributed by atoms with van der Waals surface area (Å²) in [7, 11) is 1.46. The van der Waals surface area contributed by atoms with E-state index in [-0.39, 0.29) is 18.2 Å². The predicted molar refractivity (Wildman–Crippen MR) is 67.1 cm³/mol. The highest BCUT2D eigenvalue weighted by atomic mass is 19.1. The number of ether oxygens (including phenoxy) is 1. The summed E-state index contributed by atoms with van der Waals surface area (Å²) in [6.45, 7) is 2.04. The third-order valence-corrected chi connectivity index (χ3v) is 2.97. The first-order valence-electron chi connectivity index (χ1n) is 5.78. The van der Waals surface area contributed by atoms with E-state index >= 15 is 0 Å². The Morgan fingerprint density at radius 2 is 2.37 bits per heavy atom. The molecule has 0 saturated carbocycles. The second-order valence-corrected chi connectivity index (χ2v) is 4.67. The second kappa shape index (κ2) is 4.86. The van der Waals surface area contributed by atoms with Crippen LogP contribution in [0.15, 0.2) is 12.1 Å². The fourth-order valence-corrected chi connectivity index (χ4v) is 2.02. The van der Waals surface area contributed by atoms with E-state index < -0.39 is 11.4 Å². The molecule has 1 aromatic carbocycles. The maximum Gasteiger partial charge on any atom is 0.251 e. The average molecular weight is 263 g/mol. The molecule has 1 unspecified atom stereocenters. The molecule has 6 heteroatoms. The topological polar surface area (TPSA) is 74.2 Å². The minimum Gasteiger partial charge on any atom is -0.381 e. The maximum absolute atomic E-state index is 13.9. The number of hydrogen-bond donors (Lipinski definition) is 2. The highest BCUT2D eigenvalue weighted by molar-refractivity contribution is 5.99. The molecule has 0 aliphatic carbocycles. The number of fused-ring (bicyclic) bond motifs is 1. The second-order valence-electron chi connectivity index (χ2n) is 4.67. The molecular formula is C13H14FN3O2. The molecule has 0 radical (unpaired) electrons. The van der Waals surface area contributed by atoms with Gasteiger partial charge in [-0.05, 0) is 24.6 Å². The van der Waals surface area contributed by atoms with Crippen molar-refractivity contribution in [2.75, 3.05) is 19.0 Å². The minimum atomic E-state index is -1.06. The van der Waals surface area contributed by atoms with Gasteiger partial charge in [0.25, 0.3) is 5.91 Å². The minimum absolute atomic E-state index is 0.103. The highest BCUT2D eigenvalue weighted by Gasteiger charge is 2.27. The molecule has 1 aliphatic rings. The van der Waals surface area contributed by atoms with Crippen LogP contribution in [0.4, 0.5) is 10.1 Å². The van der Waals surface area contributed by atoms with Crippen molar-refractivity contribution in [3.63, 3.8) is 0 Å². The summed E-state index contributed by atoms with van der Waals surface area (Å²) in [5.74, 6) is -0.726. The molecule has 1 atom stereocenters. The van der Waals surface area contributed by atoms with Crippen molar-refractivity contribution in [1.29, 1.82) is 5.26 Å². The summed E-state index contributed by atoms with van der Waals surface area (Å²) >= 11 is 0. The number of rotatable bonds is 4. The molecule has 0 fully saturated rings. The third-order valence-electron chi connectivity index (χ3n) is 2.97. The lowest BCUT2D eigenvalue weighted by Crippen LogP contribution is -2.38. The summed E-state index contributed by atoms with van der Waals surface area (Å²) in [5, 5.41) is 14.5. The Morgan fingerprint density at radius 1 is 1.63 bits per heavy atom. The molecule has 1 amide bonds. The zero-order valence-electron chi connectivity index (χ0n) is 10.7. The fourth-order valence-electron chi connectivity index (χ4n) is 2.02. The van der Waals surface area contributed by atoms with Gasteiger partial charge in [0.1, 0.15) is 11.4 Å². The highest BCUT2D eigenvalue weighted by Crippen LogP contribution is 2.26. The van der Waals surface area contributed by atoms with Gasteiger partial charge in [0.05, 0.1) is 18.4 Å². The Hall–Kier alpha value is -2.13. The van der Waals surface area contributed by atoms with Gasteiger partial charge in [0.15, 0.2) is 0 Å². The lowest BCUT2D eigenvalue weighted by molar-refractivity contribution is 0.0966. The standard InChI is InChI=1S/C13H14FN3O2/c1-13(6-15,7-19-2)17-11-4-9-8(3-10(11)14)5-16-12(9)18/h3-4,17H,5,7H2,1-2H3,(H,16,18). The van der Waals surface area contributed by atoms with Crippen molar-refractivity contribution in [2.24, 2.45) is 0 Å². The summed E-state index contributed by atoms with van der Waals surface area (Å²) in [6, 6.07) is 4.77. The average Bonchev–Trinajstić information content (AvgIpc) is 2.72. The van der Waals surface area contributed by atoms with Gasteiger partial charge in [-0.25, -0.2) is 4.39 Å². The lowest BCUT2D eigenvalue weighted by atomic mass is 10.0. The van der Waals surface area contributed by atoms with Gasteiger partial charge in [0.2, 0.25) is 0 Å². The van der Waals surface area contributed by atoms with Crippen molar-refractivity contribution in [1.82, 2.24) is 5.32 Å². The monoisotopic (exact) mass is 263 g/mol. The molecule has 2 rings (SSSR count). The van der Waals surface area contributed by atoms with Gasteiger partial charge in [0, 0.05) is 19.2 Å². The van der Waals surface area contributed by atoms with E-state index in [0.717, 1.165) is 0 Å². The molecular weight excluding hydrogens is 249 g/mol. The van der Waals surface area contributed by atoms with Crippen LogP contribution in [0.2, 0.25) is 0 Å². The summed E-state index contributed by atoms with van der Waals surface area (Å²) in [5.41, 5.74) is 0.121. The van der Waals surface area contributed by atoms with Crippen molar-refractivity contribution in [3.8, 4) is 6.07 Å². The van der Waals surface area contributed by atoms with E-state index in [9.17, 15) is 9.18 Å². The number of carbonyl (C=O) groups excluding carboxylic acids is 1. The van der Waals surface area contributed by atoms with Crippen LogP contribution in [0.1, 0.15) is 22.8 Å². The molecule has 100 valence electrons. The molecule has 0 aromatic heterocycles. The van der Waals surface area contributed by atoms with Gasteiger partial charge < -0.3 is 15.4 Å². The molecule has 5 nitrogen and oxygen atoms in total. The fraction of sp³-hybridized carbons (Fsp3) is 0.385. The largest absolute Gasteiger partial charge is 0.381 e. The quantitative estimate of drug-likeness (QED) is 0.861. The number of amides is 1. The van der Waals surface area contributed by atoms with Crippen molar-refractivity contribution < 1.29 is 13.9 Å². The zero-order valence-corrected chi connectivity index (χ0v) is 10.7. The zero-order chi connectivity index (χ0) is 14.0. The molecule has 1 aliphatic heterocycles. The van der Waals surface area contributed by atoms with Gasteiger partial charge in [-0.1, -0.05) is 0 Å². The first-order chi connectivity index (χ1) is 8.99. The predicted octanol–water partition coefficient (Wildman–Crippen LogP) is 1.41. The summed E-state index contributed by atoms with van der Waals surface area (Å²) in [6.07, 6.45) is 0. The Balaban J connectivity index is 2.34. The molecule has 0 saturated heterocycles. The van der Waals surface area contributed by atoms with Gasteiger partial charge in [-0.15, -0.1) is 0 Å². The molecule has 19 heavy (non-hydrogen) atoms. The SMILES string of the molecule is COCC(C)(C#N)Nc1cc2c(cc1F)CNC2=O. The number of nitrogens with zero attached hydrogens (tertiary/aromatic N) is 1. The Labute approximate surface area is 110 Å². The van der Waals surface area contributed by atoms with E-state index in [1.54, 1.807) is 6.92 Å². The maximum atomic E-state index is 13.9. The number of benzene rings is 1. The number of anilines is 1. The number of methoxy groups -OCH3 is 1. The van der Waals surface area contributed by atoms with E-state index in [1.165, 1.54) is 19.2 Å². The van der Waals surface area contributed by atoms with Crippen molar-refractivity contribution in [3.05, 3.63) is 29.1 Å². The van der Waals surface area contributed by atoms with Crippen LogP contribution in [-0.2, 0) is 11.3 Å². The smallest absolute Gasteiger partial charge is 0.251 e. The van der Waals surface area contributed by atoms with Crippen molar-refractivity contribution >= 4 is 11.6 Å². The number of halogens is 1. The molecule has 1 heterocycles.